The molecule has 0 radical (unpaired) electrons. The first-order chi connectivity index (χ1) is 20.9. The molecule has 0 saturated carbocycles. The average Bonchev–Trinajstić information content (AvgIpc) is 3.05. The van der Waals surface area contributed by atoms with Gasteiger partial charge in [0.2, 0.25) is 5.95 Å². The van der Waals surface area contributed by atoms with Crippen molar-refractivity contribution in [3.8, 4) is 17.0 Å². The number of methoxy groups -OCH3 is 1. The third-order valence-electron chi connectivity index (χ3n) is 7.48. The number of ether oxygens (including phenoxy) is 1. The summed E-state index contributed by atoms with van der Waals surface area (Å²) in [6.07, 6.45) is 3.80. The first-order valence-electron chi connectivity index (χ1n) is 14.4. The van der Waals surface area contributed by atoms with E-state index in [1.807, 2.05) is 65.3 Å². The largest absolute Gasteiger partial charge is 0.497 e. The van der Waals surface area contributed by atoms with Gasteiger partial charge in [-0.2, -0.15) is 0 Å². The lowest BCUT2D eigenvalue weighted by atomic mass is 10.1. The number of hydrogen-bond donors (Lipinski definition) is 3. The van der Waals surface area contributed by atoms with Gasteiger partial charge in [-0.15, -0.1) is 0 Å². The van der Waals surface area contributed by atoms with Gasteiger partial charge in [-0.1, -0.05) is 42.5 Å². The maximum Gasteiger partial charge on any atom is 0.253 e. The van der Waals surface area contributed by atoms with E-state index in [2.05, 4.69) is 52.0 Å². The predicted molar refractivity (Wildman–Crippen MR) is 172 cm³/mol. The highest BCUT2D eigenvalue weighted by atomic mass is 16.5. The van der Waals surface area contributed by atoms with Crippen LogP contribution in [0.3, 0.4) is 0 Å². The number of rotatable bonds is 9. The number of aromatic nitrogens is 2. The summed E-state index contributed by atoms with van der Waals surface area (Å²) in [5.74, 6) is 1.87. The molecule has 0 unspecified atom stereocenters. The lowest BCUT2D eigenvalue weighted by molar-refractivity contribution is 0.0691. The SMILES string of the molecule is C/C=C(\NCc1cccc(OC)c1)c1ccc(-c2ccnc(Nc3ccc(C(=O)N4CCN(C(C)=N)CC4)cc3)n2)cc1. The Hall–Kier alpha value is -5.18. The summed E-state index contributed by atoms with van der Waals surface area (Å²) >= 11 is 0. The van der Waals surface area contributed by atoms with Crippen molar-refractivity contribution in [3.05, 3.63) is 108 Å². The summed E-state index contributed by atoms with van der Waals surface area (Å²) in [6.45, 7) is 7.11. The summed E-state index contributed by atoms with van der Waals surface area (Å²) in [5.41, 5.74) is 6.50. The number of carbonyl (C=O) groups is 1. The first kappa shape index (κ1) is 29.3. The van der Waals surface area contributed by atoms with Gasteiger partial charge < -0.3 is 25.2 Å². The number of carbonyl (C=O) groups excluding carboxylic acids is 1. The Bertz CT molecular complexity index is 1590. The van der Waals surface area contributed by atoms with Crippen molar-refractivity contribution >= 4 is 29.1 Å². The van der Waals surface area contributed by atoms with Gasteiger partial charge >= 0.3 is 0 Å². The van der Waals surface area contributed by atoms with Crippen LogP contribution in [0.2, 0.25) is 0 Å². The van der Waals surface area contributed by atoms with Crippen LogP contribution in [0.25, 0.3) is 17.0 Å². The molecule has 0 atom stereocenters. The van der Waals surface area contributed by atoms with E-state index in [1.165, 1.54) is 0 Å². The Morgan fingerprint density at radius 3 is 2.33 bits per heavy atom. The molecule has 1 aliphatic heterocycles. The topological polar surface area (TPSA) is 106 Å². The third-order valence-corrected chi connectivity index (χ3v) is 7.48. The van der Waals surface area contributed by atoms with Gasteiger partial charge in [0.1, 0.15) is 5.75 Å². The second kappa shape index (κ2) is 13.7. The number of amides is 1. The molecule has 0 aliphatic carbocycles. The molecule has 1 aliphatic rings. The lowest BCUT2D eigenvalue weighted by Gasteiger charge is -2.35. The number of piperazine rings is 1. The van der Waals surface area contributed by atoms with Gasteiger partial charge in [-0.3, -0.25) is 10.2 Å². The van der Waals surface area contributed by atoms with E-state index in [1.54, 1.807) is 20.2 Å². The average molecular weight is 576 g/mol. The highest BCUT2D eigenvalue weighted by Crippen LogP contribution is 2.23. The number of hydrogen-bond acceptors (Lipinski definition) is 7. The van der Waals surface area contributed by atoms with Crippen molar-refractivity contribution in [1.29, 1.82) is 5.41 Å². The third kappa shape index (κ3) is 7.37. The van der Waals surface area contributed by atoms with Gasteiger partial charge in [0.25, 0.3) is 5.91 Å². The van der Waals surface area contributed by atoms with Gasteiger partial charge in [0.15, 0.2) is 0 Å². The van der Waals surface area contributed by atoms with E-state index in [0.717, 1.165) is 39.5 Å². The molecule has 3 N–H and O–H groups in total. The highest BCUT2D eigenvalue weighted by Gasteiger charge is 2.22. The molecule has 4 aromatic rings. The number of nitrogens with zero attached hydrogens (tertiary/aromatic N) is 4. The number of allylic oxidation sites excluding steroid dienone is 1. The zero-order chi connectivity index (χ0) is 30.2. The van der Waals surface area contributed by atoms with E-state index < -0.39 is 0 Å². The molecular weight excluding hydrogens is 538 g/mol. The zero-order valence-electron chi connectivity index (χ0n) is 24.8. The van der Waals surface area contributed by atoms with Crippen LogP contribution < -0.4 is 15.4 Å². The van der Waals surface area contributed by atoms with Crippen molar-refractivity contribution in [2.75, 3.05) is 38.6 Å². The van der Waals surface area contributed by atoms with Gasteiger partial charge in [0, 0.05) is 61.4 Å². The minimum absolute atomic E-state index is 0.00657. The van der Waals surface area contributed by atoms with Crippen LogP contribution in [0.5, 0.6) is 5.75 Å². The summed E-state index contributed by atoms with van der Waals surface area (Å²) in [6, 6.07) is 25.6. The molecule has 1 saturated heterocycles. The molecule has 9 heteroatoms. The number of nitrogens with one attached hydrogen (secondary N) is 3. The van der Waals surface area contributed by atoms with Crippen LogP contribution in [-0.2, 0) is 6.54 Å². The van der Waals surface area contributed by atoms with E-state index in [-0.39, 0.29) is 5.91 Å². The van der Waals surface area contributed by atoms with Crippen LogP contribution in [-0.4, -0.2) is 64.8 Å². The highest BCUT2D eigenvalue weighted by molar-refractivity contribution is 5.94. The van der Waals surface area contributed by atoms with Crippen molar-refractivity contribution < 1.29 is 9.53 Å². The smallest absolute Gasteiger partial charge is 0.253 e. The van der Waals surface area contributed by atoms with E-state index in [9.17, 15) is 4.79 Å². The van der Waals surface area contributed by atoms with Crippen molar-refractivity contribution in [2.24, 2.45) is 0 Å². The lowest BCUT2D eigenvalue weighted by Crippen LogP contribution is -2.49. The monoisotopic (exact) mass is 575 g/mol. The summed E-state index contributed by atoms with van der Waals surface area (Å²) in [5, 5.41) is 14.6. The van der Waals surface area contributed by atoms with E-state index >= 15 is 0 Å². The molecular formula is C34H37N7O2. The molecule has 3 aromatic carbocycles. The molecule has 1 aromatic heterocycles. The first-order valence-corrected chi connectivity index (χ1v) is 14.4. The second-order valence-corrected chi connectivity index (χ2v) is 10.3. The molecule has 5 rings (SSSR count). The Labute approximate surface area is 252 Å². The molecule has 0 bridgehead atoms. The fraction of sp³-hybridized carbons (Fsp3) is 0.235. The van der Waals surface area contributed by atoms with Crippen LogP contribution >= 0.6 is 0 Å². The van der Waals surface area contributed by atoms with Crippen LogP contribution in [0.15, 0.2) is 91.1 Å². The normalized spacial score (nSPS) is 13.4. The van der Waals surface area contributed by atoms with E-state index in [0.29, 0.717) is 50.1 Å². The predicted octanol–water partition coefficient (Wildman–Crippen LogP) is 5.80. The fourth-order valence-corrected chi connectivity index (χ4v) is 5.00. The summed E-state index contributed by atoms with van der Waals surface area (Å²) < 4.78 is 5.33. The minimum atomic E-state index is 0.00657. The number of benzene rings is 3. The van der Waals surface area contributed by atoms with Crippen molar-refractivity contribution in [2.45, 2.75) is 20.4 Å². The number of amidine groups is 1. The van der Waals surface area contributed by atoms with Crippen molar-refractivity contribution in [3.63, 3.8) is 0 Å². The Morgan fingerprint density at radius 1 is 0.953 bits per heavy atom. The Morgan fingerprint density at radius 2 is 1.65 bits per heavy atom. The minimum Gasteiger partial charge on any atom is -0.497 e. The molecule has 2 heterocycles. The standard InChI is InChI=1S/C34H37N7O2/c1-4-31(37-23-25-6-5-7-30(22-25)43-3)26-8-10-27(11-9-26)32-16-17-36-34(39-32)38-29-14-12-28(13-15-29)33(42)41-20-18-40(19-21-41)24(2)35/h4-17,22,35,37H,18-21,23H2,1-3H3,(H,36,38,39)/b31-4-,35-24?. The van der Waals surface area contributed by atoms with Crippen LogP contribution in [0.1, 0.15) is 35.3 Å². The molecule has 1 fully saturated rings. The molecule has 43 heavy (non-hydrogen) atoms. The quantitative estimate of drug-likeness (QED) is 0.171. The Balaban J connectivity index is 1.19. The molecule has 9 nitrogen and oxygen atoms in total. The fourth-order valence-electron chi connectivity index (χ4n) is 5.00. The zero-order valence-corrected chi connectivity index (χ0v) is 24.8. The Kier molecular flexibility index (Phi) is 9.31. The van der Waals surface area contributed by atoms with Gasteiger partial charge in [-0.05, 0) is 67.4 Å². The maximum absolute atomic E-state index is 13.0. The number of anilines is 2. The second-order valence-electron chi connectivity index (χ2n) is 10.3. The van der Waals surface area contributed by atoms with Crippen LogP contribution in [0, 0.1) is 5.41 Å². The van der Waals surface area contributed by atoms with Crippen molar-refractivity contribution in [1.82, 2.24) is 25.1 Å². The summed E-state index contributed by atoms with van der Waals surface area (Å²) in [7, 11) is 1.68. The molecule has 220 valence electrons. The molecule has 0 spiro atoms. The maximum atomic E-state index is 13.0. The van der Waals surface area contributed by atoms with E-state index in [4.69, 9.17) is 15.1 Å². The van der Waals surface area contributed by atoms with Crippen LogP contribution in [0.4, 0.5) is 11.6 Å². The van der Waals surface area contributed by atoms with Gasteiger partial charge in [-0.25, -0.2) is 9.97 Å². The molecule has 1 amide bonds. The summed E-state index contributed by atoms with van der Waals surface area (Å²) in [4.78, 5) is 25.9. The van der Waals surface area contributed by atoms with Gasteiger partial charge in [0.05, 0.1) is 18.6 Å².